The molecule has 0 spiro atoms. The van der Waals surface area contributed by atoms with Gasteiger partial charge in [-0.2, -0.15) is 0 Å². The third-order valence-corrected chi connectivity index (χ3v) is 4.09. The molecule has 0 radical (unpaired) electrons. The number of hydrogen-bond donors (Lipinski definition) is 1. The van der Waals surface area contributed by atoms with Crippen LogP contribution in [-0.4, -0.2) is 22.8 Å². The van der Waals surface area contributed by atoms with Crippen LogP contribution in [0.15, 0.2) is 30.5 Å². The molecule has 3 nitrogen and oxygen atoms in total. The average molecular weight is 274 g/mol. The van der Waals surface area contributed by atoms with E-state index in [0.717, 1.165) is 43.5 Å². The van der Waals surface area contributed by atoms with Gasteiger partial charge in [0.1, 0.15) is 4.99 Å². The minimum absolute atomic E-state index is 0.467. The lowest BCUT2D eigenvalue weighted by Crippen LogP contribution is -2.20. The lowest BCUT2D eigenvalue weighted by atomic mass is 10.0. The van der Waals surface area contributed by atoms with Crippen molar-refractivity contribution in [1.82, 2.24) is 4.57 Å². The van der Waals surface area contributed by atoms with E-state index in [1.165, 1.54) is 5.52 Å². The summed E-state index contributed by atoms with van der Waals surface area (Å²) >= 11 is 5.11. The number of thiocarbonyl (C=S) groups is 1. The minimum Gasteiger partial charge on any atom is -0.389 e. The van der Waals surface area contributed by atoms with Crippen molar-refractivity contribution in [3.05, 3.63) is 36.0 Å². The molecule has 0 saturated carbocycles. The van der Waals surface area contributed by atoms with Gasteiger partial charge in [-0.1, -0.05) is 24.4 Å². The predicted octanol–water partition coefficient (Wildman–Crippen LogP) is 2.70. The van der Waals surface area contributed by atoms with E-state index >= 15 is 0 Å². The smallest absolute Gasteiger partial charge is 0.104 e. The third kappa shape index (κ3) is 2.51. The van der Waals surface area contributed by atoms with Gasteiger partial charge in [0, 0.05) is 42.4 Å². The summed E-state index contributed by atoms with van der Waals surface area (Å²) in [5, 5.41) is 1.15. The molecule has 2 N–H and O–H groups in total. The van der Waals surface area contributed by atoms with Gasteiger partial charge in [-0.15, -0.1) is 0 Å². The van der Waals surface area contributed by atoms with Gasteiger partial charge in [0.15, 0.2) is 0 Å². The molecule has 1 aromatic heterocycles. The fourth-order valence-corrected chi connectivity index (χ4v) is 2.98. The number of ether oxygens (including phenoxy) is 1. The monoisotopic (exact) mass is 274 g/mol. The van der Waals surface area contributed by atoms with E-state index in [2.05, 4.69) is 22.9 Å². The molecule has 1 saturated heterocycles. The van der Waals surface area contributed by atoms with Crippen LogP contribution in [0.1, 0.15) is 18.4 Å². The van der Waals surface area contributed by atoms with Gasteiger partial charge in [-0.3, -0.25) is 0 Å². The van der Waals surface area contributed by atoms with Gasteiger partial charge in [0.2, 0.25) is 0 Å². The van der Waals surface area contributed by atoms with Crippen LogP contribution in [-0.2, 0) is 11.3 Å². The number of aromatic nitrogens is 1. The second kappa shape index (κ2) is 5.31. The quantitative estimate of drug-likeness (QED) is 0.875. The summed E-state index contributed by atoms with van der Waals surface area (Å²) in [5.41, 5.74) is 7.97. The molecule has 0 bridgehead atoms. The molecule has 19 heavy (non-hydrogen) atoms. The number of hydrogen-bond acceptors (Lipinski definition) is 2. The molecular formula is C15H18N2OS. The molecule has 2 heterocycles. The van der Waals surface area contributed by atoms with Crippen molar-refractivity contribution < 1.29 is 4.74 Å². The summed E-state index contributed by atoms with van der Waals surface area (Å²) in [6.07, 6.45) is 4.44. The Morgan fingerprint density at radius 2 is 2.11 bits per heavy atom. The highest BCUT2D eigenvalue weighted by Crippen LogP contribution is 2.24. The van der Waals surface area contributed by atoms with Crippen LogP contribution in [0.25, 0.3) is 10.9 Å². The first-order valence-electron chi connectivity index (χ1n) is 6.71. The van der Waals surface area contributed by atoms with E-state index in [1.54, 1.807) is 0 Å². The maximum atomic E-state index is 5.78. The van der Waals surface area contributed by atoms with Gasteiger partial charge in [0.05, 0.1) is 0 Å². The van der Waals surface area contributed by atoms with E-state index in [-0.39, 0.29) is 0 Å². The Bertz CT molecular complexity index is 599. The fraction of sp³-hybridized carbons (Fsp3) is 0.400. The fourth-order valence-electron chi connectivity index (χ4n) is 2.80. The van der Waals surface area contributed by atoms with Gasteiger partial charge in [-0.25, -0.2) is 0 Å². The van der Waals surface area contributed by atoms with Crippen molar-refractivity contribution in [2.45, 2.75) is 19.4 Å². The van der Waals surface area contributed by atoms with E-state index < -0.39 is 0 Å². The first-order valence-corrected chi connectivity index (χ1v) is 7.12. The van der Waals surface area contributed by atoms with E-state index in [4.69, 9.17) is 22.7 Å². The number of nitrogens with zero attached hydrogens (tertiary/aromatic N) is 1. The molecule has 1 aromatic carbocycles. The maximum absolute atomic E-state index is 5.78. The molecule has 3 rings (SSSR count). The minimum atomic E-state index is 0.467. The predicted molar refractivity (Wildman–Crippen MR) is 81.4 cm³/mol. The summed E-state index contributed by atoms with van der Waals surface area (Å²) in [4.78, 5) is 0.467. The summed E-state index contributed by atoms with van der Waals surface area (Å²) in [6.45, 7) is 2.83. The van der Waals surface area contributed by atoms with Crippen LogP contribution in [0.4, 0.5) is 0 Å². The molecule has 2 aromatic rings. The van der Waals surface area contributed by atoms with Crippen LogP contribution in [0, 0.1) is 5.92 Å². The lowest BCUT2D eigenvalue weighted by Gasteiger charge is -2.22. The van der Waals surface area contributed by atoms with Crippen molar-refractivity contribution in [1.29, 1.82) is 0 Å². The Labute approximate surface area is 118 Å². The zero-order valence-electron chi connectivity index (χ0n) is 10.8. The van der Waals surface area contributed by atoms with Crippen molar-refractivity contribution in [2.75, 3.05) is 13.2 Å². The van der Waals surface area contributed by atoms with Crippen molar-refractivity contribution in [2.24, 2.45) is 11.7 Å². The van der Waals surface area contributed by atoms with Crippen LogP contribution in [0.2, 0.25) is 0 Å². The van der Waals surface area contributed by atoms with Crippen LogP contribution < -0.4 is 5.73 Å². The topological polar surface area (TPSA) is 40.2 Å². The Morgan fingerprint density at radius 3 is 2.84 bits per heavy atom. The Kier molecular flexibility index (Phi) is 3.53. The van der Waals surface area contributed by atoms with Gasteiger partial charge in [0.25, 0.3) is 0 Å². The molecule has 1 aliphatic rings. The molecule has 1 aliphatic heterocycles. The van der Waals surface area contributed by atoms with Crippen LogP contribution in [0.5, 0.6) is 0 Å². The van der Waals surface area contributed by atoms with Gasteiger partial charge >= 0.3 is 0 Å². The SMILES string of the molecule is NC(=S)c1cccc2c1ccn2CC1CCOCC1. The standard InChI is InChI=1S/C15H18N2OS/c16-15(19)13-2-1-3-14-12(13)4-7-17(14)10-11-5-8-18-9-6-11/h1-4,7,11H,5-6,8-10H2,(H2,16,19). The van der Waals surface area contributed by atoms with Crippen LogP contribution in [0.3, 0.4) is 0 Å². The maximum Gasteiger partial charge on any atom is 0.104 e. The summed E-state index contributed by atoms with van der Waals surface area (Å²) < 4.78 is 7.73. The van der Waals surface area contributed by atoms with Crippen molar-refractivity contribution >= 4 is 28.1 Å². The highest BCUT2D eigenvalue weighted by molar-refractivity contribution is 7.80. The number of fused-ring (bicyclic) bond motifs is 1. The van der Waals surface area contributed by atoms with Gasteiger partial charge in [-0.05, 0) is 30.9 Å². The third-order valence-electron chi connectivity index (χ3n) is 3.87. The van der Waals surface area contributed by atoms with E-state index in [0.29, 0.717) is 10.9 Å². The molecule has 4 heteroatoms. The highest BCUT2D eigenvalue weighted by atomic mass is 32.1. The van der Waals surface area contributed by atoms with E-state index in [9.17, 15) is 0 Å². The Morgan fingerprint density at radius 1 is 1.32 bits per heavy atom. The molecule has 0 atom stereocenters. The van der Waals surface area contributed by atoms with Crippen molar-refractivity contribution in [3.63, 3.8) is 0 Å². The summed E-state index contributed by atoms with van der Waals surface area (Å²) in [7, 11) is 0. The van der Waals surface area contributed by atoms with Crippen molar-refractivity contribution in [3.8, 4) is 0 Å². The van der Waals surface area contributed by atoms with Crippen LogP contribution >= 0.6 is 12.2 Å². The lowest BCUT2D eigenvalue weighted by molar-refractivity contribution is 0.0616. The first kappa shape index (κ1) is 12.6. The largest absolute Gasteiger partial charge is 0.389 e. The molecule has 0 amide bonds. The summed E-state index contributed by atoms with van der Waals surface area (Å²) in [6, 6.07) is 8.26. The second-order valence-corrected chi connectivity index (χ2v) is 5.57. The Hall–Kier alpha value is -1.39. The number of nitrogens with two attached hydrogens (primary N) is 1. The second-order valence-electron chi connectivity index (χ2n) is 5.13. The molecule has 0 unspecified atom stereocenters. The zero-order chi connectivity index (χ0) is 13.2. The molecule has 100 valence electrons. The Balaban J connectivity index is 1.92. The van der Waals surface area contributed by atoms with Gasteiger partial charge < -0.3 is 15.0 Å². The zero-order valence-corrected chi connectivity index (χ0v) is 11.7. The molecule has 1 fully saturated rings. The first-order chi connectivity index (χ1) is 9.25. The average Bonchev–Trinajstić information content (AvgIpc) is 2.83. The normalized spacial score (nSPS) is 16.8. The molecule has 0 aliphatic carbocycles. The van der Waals surface area contributed by atoms with E-state index in [1.807, 2.05) is 12.1 Å². The highest BCUT2D eigenvalue weighted by Gasteiger charge is 2.15. The summed E-state index contributed by atoms with van der Waals surface area (Å²) in [5.74, 6) is 0.706. The molecular weight excluding hydrogens is 256 g/mol. The number of benzene rings is 1. The number of rotatable bonds is 3.